The SMILES string of the molecule is Cc1ccc(F)cc1CNCc1cccc([N+](=O)[O-])c1. The molecule has 0 amide bonds. The van der Waals surface area contributed by atoms with Crippen LogP contribution in [0.4, 0.5) is 10.1 Å². The monoisotopic (exact) mass is 274 g/mol. The van der Waals surface area contributed by atoms with Gasteiger partial charge in [-0.05, 0) is 35.7 Å². The number of hydrogen-bond donors (Lipinski definition) is 1. The van der Waals surface area contributed by atoms with Gasteiger partial charge in [-0.3, -0.25) is 10.1 Å². The molecule has 2 aromatic rings. The molecular formula is C15H15FN2O2. The van der Waals surface area contributed by atoms with E-state index >= 15 is 0 Å². The smallest absolute Gasteiger partial charge is 0.269 e. The number of nitro benzene ring substituents is 1. The van der Waals surface area contributed by atoms with E-state index in [4.69, 9.17) is 0 Å². The van der Waals surface area contributed by atoms with Gasteiger partial charge in [0.2, 0.25) is 0 Å². The normalized spacial score (nSPS) is 10.5. The molecule has 0 fully saturated rings. The van der Waals surface area contributed by atoms with Crippen molar-refractivity contribution in [1.29, 1.82) is 0 Å². The topological polar surface area (TPSA) is 55.2 Å². The molecule has 0 saturated heterocycles. The Hall–Kier alpha value is -2.27. The molecule has 5 heteroatoms. The van der Waals surface area contributed by atoms with Crippen molar-refractivity contribution in [3.05, 3.63) is 75.1 Å². The van der Waals surface area contributed by atoms with Crippen LogP contribution < -0.4 is 5.32 Å². The number of rotatable bonds is 5. The molecule has 104 valence electrons. The van der Waals surface area contributed by atoms with Crippen LogP contribution in [0, 0.1) is 22.9 Å². The van der Waals surface area contributed by atoms with E-state index in [9.17, 15) is 14.5 Å². The molecule has 0 aliphatic rings. The van der Waals surface area contributed by atoms with E-state index in [1.54, 1.807) is 12.1 Å². The van der Waals surface area contributed by atoms with Crippen LogP contribution in [-0.4, -0.2) is 4.92 Å². The Balaban J connectivity index is 1.97. The lowest BCUT2D eigenvalue weighted by Crippen LogP contribution is -2.13. The molecule has 0 saturated carbocycles. The maximum absolute atomic E-state index is 13.1. The Bertz CT molecular complexity index is 629. The van der Waals surface area contributed by atoms with Crippen LogP contribution in [0.2, 0.25) is 0 Å². The summed E-state index contributed by atoms with van der Waals surface area (Å²) >= 11 is 0. The minimum absolute atomic E-state index is 0.0752. The highest BCUT2D eigenvalue weighted by molar-refractivity contribution is 5.34. The molecule has 2 rings (SSSR count). The maximum Gasteiger partial charge on any atom is 0.269 e. The van der Waals surface area contributed by atoms with E-state index in [0.717, 1.165) is 16.7 Å². The fourth-order valence-electron chi connectivity index (χ4n) is 1.95. The number of hydrogen-bond acceptors (Lipinski definition) is 3. The Morgan fingerprint density at radius 1 is 1.20 bits per heavy atom. The van der Waals surface area contributed by atoms with Crippen LogP contribution in [0.25, 0.3) is 0 Å². The van der Waals surface area contributed by atoms with Crippen molar-refractivity contribution in [3.63, 3.8) is 0 Å². The molecule has 4 nitrogen and oxygen atoms in total. The average molecular weight is 274 g/mol. The first-order valence-corrected chi connectivity index (χ1v) is 6.25. The fraction of sp³-hybridized carbons (Fsp3) is 0.200. The molecule has 0 bridgehead atoms. The highest BCUT2D eigenvalue weighted by Gasteiger charge is 2.05. The van der Waals surface area contributed by atoms with Crippen LogP contribution in [0.15, 0.2) is 42.5 Å². The Morgan fingerprint density at radius 3 is 2.75 bits per heavy atom. The van der Waals surface area contributed by atoms with Gasteiger partial charge in [0, 0.05) is 25.2 Å². The number of aryl methyl sites for hydroxylation is 1. The molecule has 0 spiro atoms. The van der Waals surface area contributed by atoms with Crippen LogP contribution in [0.5, 0.6) is 0 Å². The van der Waals surface area contributed by atoms with Crippen molar-refractivity contribution in [2.24, 2.45) is 0 Å². The summed E-state index contributed by atoms with van der Waals surface area (Å²) in [5, 5.41) is 13.8. The van der Waals surface area contributed by atoms with E-state index in [-0.39, 0.29) is 11.5 Å². The number of nitrogens with zero attached hydrogens (tertiary/aromatic N) is 1. The second kappa shape index (κ2) is 6.25. The zero-order valence-electron chi connectivity index (χ0n) is 11.1. The van der Waals surface area contributed by atoms with Crippen molar-refractivity contribution in [2.45, 2.75) is 20.0 Å². The summed E-state index contributed by atoms with van der Waals surface area (Å²) in [5.74, 6) is -0.261. The molecule has 0 heterocycles. The van der Waals surface area contributed by atoms with Crippen molar-refractivity contribution >= 4 is 5.69 Å². The molecule has 0 aliphatic carbocycles. The van der Waals surface area contributed by atoms with Gasteiger partial charge in [-0.1, -0.05) is 18.2 Å². The Morgan fingerprint density at radius 2 is 2.00 bits per heavy atom. The summed E-state index contributed by atoms with van der Waals surface area (Å²) in [5.41, 5.74) is 2.80. The van der Waals surface area contributed by atoms with Crippen LogP contribution in [0.1, 0.15) is 16.7 Å². The number of nitro groups is 1. The van der Waals surface area contributed by atoms with Gasteiger partial charge >= 0.3 is 0 Å². The van der Waals surface area contributed by atoms with Crippen molar-refractivity contribution < 1.29 is 9.31 Å². The third kappa shape index (κ3) is 3.61. The largest absolute Gasteiger partial charge is 0.309 e. The summed E-state index contributed by atoms with van der Waals surface area (Å²) in [6.45, 7) is 2.94. The first-order valence-electron chi connectivity index (χ1n) is 6.25. The lowest BCUT2D eigenvalue weighted by molar-refractivity contribution is -0.384. The third-order valence-electron chi connectivity index (χ3n) is 3.08. The van der Waals surface area contributed by atoms with Gasteiger partial charge in [-0.2, -0.15) is 0 Å². The lowest BCUT2D eigenvalue weighted by atomic mass is 10.1. The predicted octanol–water partition coefficient (Wildman–Crippen LogP) is 3.33. The number of benzene rings is 2. The molecular weight excluding hydrogens is 259 g/mol. The van der Waals surface area contributed by atoms with Gasteiger partial charge in [-0.25, -0.2) is 4.39 Å². The van der Waals surface area contributed by atoms with Crippen molar-refractivity contribution in [2.75, 3.05) is 0 Å². The van der Waals surface area contributed by atoms with E-state index in [2.05, 4.69) is 5.32 Å². The standard InChI is InChI=1S/C15H15FN2O2/c1-11-5-6-14(16)8-13(11)10-17-9-12-3-2-4-15(7-12)18(19)20/h2-8,17H,9-10H2,1H3. The van der Waals surface area contributed by atoms with E-state index in [1.807, 2.05) is 13.0 Å². The molecule has 20 heavy (non-hydrogen) atoms. The number of halogens is 1. The maximum atomic E-state index is 13.1. The summed E-state index contributed by atoms with van der Waals surface area (Å²) in [7, 11) is 0. The Kier molecular flexibility index (Phi) is 4.42. The molecule has 0 unspecified atom stereocenters. The van der Waals surface area contributed by atoms with Gasteiger partial charge in [0.05, 0.1) is 4.92 Å². The summed E-state index contributed by atoms with van der Waals surface area (Å²) in [6.07, 6.45) is 0. The molecule has 2 aromatic carbocycles. The first kappa shape index (κ1) is 14.1. The summed E-state index contributed by atoms with van der Waals surface area (Å²) in [4.78, 5) is 10.3. The van der Waals surface area contributed by atoms with E-state index in [1.165, 1.54) is 24.3 Å². The second-order valence-corrected chi connectivity index (χ2v) is 4.60. The van der Waals surface area contributed by atoms with E-state index in [0.29, 0.717) is 13.1 Å². The average Bonchev–Trinajstić information content (AvgIpc) is 2.43. The number of non-ortho nitro benzene ring substituents is 1. The minimum Gasteiger partial charge on any atom is -0.309 e. The van der Waals surface area contributed by atoms with E-state index < -0.39 is 4.92 Å². The van der Waals surface area contributed by atoms with Gasteiger partial charge in [0.1, 0.15) is 5.82 Å². The van der Waals surface area contributed by atoms with Crippen LogP contribution in [-0.2, 0) is 13.1 Å². The van der Waals surface area contributed by atoms with Gasteiger partial charge < -0.3 is 5.32 Å². The molecule has 0 aromatic heterocycles. The van der Waals surface area contributed by atoms with Gasteiger partial charge in [0.15, 0.2) is 0 Å². The second-order valence-electron chi connectivity index (χ2n) is 4.60. The quantitative estimate of drug-likeness (QED) is 0.672. The third-order valence-corrected chi connectivity index (χ3v) is 3.08. The molecule has 0 atom stereocenters. The molecule has 1 N–H and O–H groups in total. The summed E-state index contributed by atoms with van der Waals surface area (Å²) in [6, 6.07) is 11.1. The Labute approximate surface area is 116 Å². The number of nitrogens with one attached hydrogen (secondary N) is 1. The zero-order valence-corrected chi connectivity index (χ0v) is 11.1. The minimum atomic E-state index is -0.416. The molecule has 0 aliphatic heterocycles. The van der Waals surface area contributed by atoms with Crippen molar-refractivity contribution in [3.8, 4) is 0 Å². The highest BCUT2D eigenvalue weighted by Crippen LogP contribution is 2.14. The van der Waals surface area contributed by atoms with Crippen LogP contribution in [0.3, 0.4) is 0 Å². The van der Waals surface area contributed by atoms with Crippen molar-refractivity contribution in [1.82, 2.24) is 5.32 Å². The first-order chi connectivity index (χ1) is 9.56. The van der Waals surface area contributed by atoms with Crippen LogP contribution >= 0.6 is 0 Å². The van der Waals surface area contributed by atoms with Gasteiger partial charge in [-0.15, -0.1) is 0 Å². The molecule has 0 radical (unpaired) electrons. The predicted molar refractivity (Wildman–Crippen MR) is 74.8 cm³/mol. The lowest BCUT2D eigenvalue weighted by Gasteiger charge is -2.08. The highest BCUT2D eigenvalue weighted by atomic mass is 19.1. The van der Waals surface area contributed by atoms with Gasteiger partial charge in [0.25, 0.3) is 5.69 Å². The summed E-state index contributed by atoms with van der Waals surface area (Å²) < 4.78 is 13.1. The zero-order chi connectivity index (χ0) is 14.5. The fourth-order valence-corrected chi connectivity index (χ4v) is 1.95.